The van der Waals surface area contributed by atoms with Crippen LogP contribution >= 0.6 is 50.4 Å². The molecule has 0 aliphatic rings. The number of ketones is 1. The molecule has 0 saturated heterocycles. The smallest absolute Gasteiger partial charge is 0.220 e. The lowest BCUT2D eigenvalue weighted by Crippen LogP contribution is -2.25. The predicted molar refractivity (Wildman–Crippen MR) is 104 cm³/mol. The van der Waals surface area contributed by atoms with E-state index in [0.29, 0.717) is 25.8 Å². The van der Waals surface area contributed by atoms with E-state index in [9.17, 15) is 9.59 Å². The topological polar surface area (TPSA) is 46.2 Å². The molecular formula is C16H18BrNO2S3. The quantitative estimate of drug-likeness (QED) is 0.426. The van der Waals surface area contributed by atoms with E-state index in [4.69, 9.17) is 0 Å². The molecule has 7 heteroatoms. The molecule has 3 nitrogen and oxygen atoms in total. The van der Waals surface area contributed by atoms with E-state index in [0.717, 1.165) is 20.2 Å². The van der Waals surface area contributed by atoms with Crippen molar-refractivity contribution in [3.8, 4) is 0 Å². The standard InChI is InChI=1S/C16H18BrNO2S3/c17-15-7-6-12(23-15)11-21-10-8-18-16(20)5-1-3-13(19)14-4-2-9-22-14/h2,4,6-7,9H,1,3,5,8,10-11H2,(H,18,20). The molecule has 2 aromatic heterocycles. The summed E-state index contributed by atoms with van der Waals surface area (Å²) in [6.07, 6.45) is 1.47. The molecular weight excluding hydrogens is 414 g/mol. The zero-order valence-corrected chi connectivity index (χ0v) is 16.6. The van der Waals surface area contributed by atoms with Crippen molar-refractivity contribution in [3.05, 3.63) is 43.2 Å². The van der Waals surface area contributed by atoms with Crippen LogP contribution in [0.4, 0.5) is 0 Å². The molecule has 1 N–H and O–H groups in total. The normalized spacial score (nSPS) is 10.7. The Labute approximate surface area is 157 Å². The molecule has 0 atom stereocenters. The van der Waals surface area contributed by atoms with Crippen LogP contribution in [-0.2, 0) is 10.5 Å². The molecule has 0 unspecified atom stereocenters. The Morgan fingerprint density at radius 3 is 2.78 bits per heavy atom. The maximum Gasteiger partial charge on any atom is 0.220 e. The molecule has 124 valence electrons. The van der Waals surface area contributed by atoms with Gasteiger partial charge in [-0.3, -0.25) is 9.59 Å². The summed E-state index contributed by atoms with van der Waals surface area (Å²) < 4.78 is 1.15. The highest BCUT2D eigenvalue weighted by Crippen LogP contribution is 2.25. The van der Waals surface area contributed by atoms with Crippen molar-refractivity contribution >= 4 is 62.1 Å². The SMILES string of the molecule is O=C(CCCC(=O)c1cccs1)NCCSCc1ccc(Br)s1. The van der Waals surface area contributed by atoms with E-state index >= 15 is 0 Å². The Kier molecular flexibility index (Phi) is 8.36. The highest BCUT2D eigenvalue weighted by molar-refractivity contribution is 9.11. The molecule has 0 aliphatic heterocycles. The summed E-state index contributed by atoms with van der Waals surface area (Å²) in [7, 11) is 0. The number of carbonyl (C=O) groups is 2. The van der Waals surface area contributed by atoms with Gasteiger partial charge in [-0.1, -0.05) is 6.07 Å². The number of amides is 1. The van der Waals surface area contributed by atoms with Crippen LogP contribution in [0.2, 0.25) is 0 Å². The lowest BCUT2D eigenvalue weighted by molar-refractivity contribution is -0.121. The molecule has 1 amide bonds. The van der Waals surface area contributed by atoms with Crippen LogP contribution in [0, 0.1) is 0 Å². The predicted octanol–water partition coefficient (Wildman–Crippen LogP) is 4.97. The third kappa shape index (κ3) is 7.20. The van der Waals surface area contributed by atoms with Crippen molar-refractivity contribution < 1.29 is 9.59 Å². The molecule has 23 heavy (non-hydrogen) atoms. The van der Waals surface area contributed by atoms with Crippen LogP contribution in [0.5, 0.6) is 0 Å². The third-order valence-corrected chi connectivity index (χ3v) is 6.77. The molecule has 2 heterocycles. The van der Waals surface area contributed by atoms with Crippen molar-refractivity contribution in [2.75, 3.05) is 12.3 Å². The summed E-state index contributed by atoms with van der Waals surface area (Å²) in [5.74, 6) is 2.03. The van der Waals surface area contributed by atoms with Gasteiger partial charge in [0.15, 0.2) is 5.78 Å². The van der Waals surface area contributed by atoms with Crippen LogP contribution < -0.4 is 5.32 Å². The maximum atomic E-state index is 11.8. The van der Waals surface area contributed by atoms with Gasteiger partial charge < -0.3 is 5.32 Å². The van der Waals surface area contributed by atoms with Gasteiger partial charge in [0.25, 0.3) is 0 Å². The van der Waals surface area contributed by atoms with Gasteiger partial charge in [0.05, 0.1) is 8.66 Å². The first-order chi connectivity index (χ1) is 11.1. The molecule has 0 aliphatic carbocycles. The van der Waals surface area contributed by atoms with E-state index in [1.165, 1.54) is 16.2 Å². The lowest BCUT2D eigenvalue weighted by atomic mass is 10.1. The Bertz CT molecular complexity index is 625. The highest BCUT2D eigenvalue weighted by Gasteiger charge is 2.08. The zero-order valence-electron chi connectivity index (χ0n) is 12.5. The van der Waals surface area contributed by atoms with E-state index in [2.05, 4.69) is 33.4 Å². The summed E-state index contributed by atoms with van der Waals surface area (Å²) in [5, 5.41) is 4.80. The monoisotopic (exact) mass is 431 g/mol. The van der Waals surface area contributed by atoms with Gasteiger partial charge >= 0.3 is 0 Å². The lowest BCUT2D eigenvalue weighted by Gasteiger charge is -2.04. The second-order valence-corrected chi connectivity index (χ2v) is 9.46. The number of halogens is 1. The van der Waals surface area contributed by atoms with Crippen LogP contribution in [0.3, 0.4) is 0 Å². The fourth-order valence-electron chi connectivity index (χ4n) is 1.92. The average Bonchev–Trinajstić information content (AvgIpc) is 3.18. The second-order valence-electron chi connectivity index (χ2n) is 4.86. The van der Waals surface area contributed by atoms with E-state index < -0.39 is 0 Å². The van der Waals surface area contributed by atoms with Crippen molar-refractivity contribution in [2.45, 2.75) is 25.0 Å². The van der Waals surface area contributed by atoms with Crippen LogP contribution in [0.25, 0.3) is 0 Å². The van der Waals surface area contributed by atoms with Gasteiger partial charge in [-0.25, -0.2) is 0 Å². The van der Waals surface area contributed by atoms with Gasteiger partial charge in [-0.2, -0.15) is 11.8 Å². The minimum Gasteiger partial charge on any atom is -0.355 e. The second kappa shape index (κ2) is 10.3. The number of thioether (sulfide) groups is 1. The fraction of sp³-hybridized carbons (Fsp3) is 0.375. The molecule has 0 bridgehead atoms. The molecule has 0 fully saturated rings. The average molecular weight is 432 g/mol. The summed E-state index contributed by atoms with van der Waals surface area (Å²) in [6, 6.07) is 7.87. The molecule has 2 rings (SSSR count). The third-order valence-electron chi connectivity index (χ3n) is 3.05. The van der Waals surface area contributed by atoms with Gasteiger partial charge in [-0.05, 0) is 45.9 Å². The Hall–Kier alpha value is -0.630. The van der Waals surface area contributed by atoms with Crippen molar-refractivity contribution in [1.29, 1.82) is 0 Å². The minimum absolute atomic E-state index is 0.0310. The highest BCUT2D eigenvalue weighted by atomic mass is 79.9. The zero-order chi connectivity index (χ0) is 16.5. The van der Waals surface area contributed by atoms with Crippen molar-refractivity contribution in [2.24, 2.45) is 0 Å². The van der Waals surface area contributed by atoms with Gasteiger partial charge in [0.2, 0.25) is 5.91 Å². The first-order valence-electron chi connectivity index (χ1n) is 7.30. The maximum absolute atomic E-state index is 11.8. The molecule has 2 aromatic rings. The van der Waals surface area contributed by atoms with E-state index in [1.807, 2.05) is 29.3 Å². The number of Topliss-reactive ketones (excluding diaryl/α,β-unsaturated/α-hetero) is 1. The Morgan fingerprint density at radius 2 is 2.09 bits per heavy atom. The summed E-state index contributed by atoms with van der Waals surface area (Å²) >= 11 is 8.46. The number of nitrogens with one attached hydrogen (secondary N) is 1. The largest absolute Gasteiger partial charge is 0.355 e. The van der Waals surface area contributed by atoms with Gasteiger partial charge in [0.1, 0.15) is 0 Å². The van der Waals surface area contributed by atoms with E-state index in [1.54, 1.807) is 11.3 Å². The van der Waals surface area contributed by atoms with Crippen molar-refractivity contribution in [3.63, 3.8) is 0 Å². The molecule has 0 radical (unpaired) electrons. The fourth-order valence-corrected chi connectivity index (χ4v) is 5.07. The van der Waals surface area contributed by atoms with Crippen LogP contribution in [0.15, 0.2) is 33.4 Å². The summed E-state index contributed by atoms with van der Waals surface area (Å²) in [5.41, 5.74) is 0. The molecule has 0 saturated carbocycles. The number of rotatable bonds is 10. The number of hydrogen-bond acceptors (Lipinski definition) is 5. The first-order valence-corrected chi connectivity index (χ1v) is 10.9. The number of carbonyl (C=O) groups excluding carboxylic acids is 2. The van der Waals surface area contributed by atoms with Crippen LogP contribution in [0.1, 0.15) is 33.8 Å². The Morgan fingerprint density at radius 1 is 1.22 bits per heavy atom. The van der Waals surface area contributed by atoms with Crippen molar-refractivity contribution in [1.82, 2.24) is 5.32 Å². The first kappa shape index (κ1) is 18.7. The summed E-state index contributed by atoms with van der Waals surface area (Å²) in [4.78, 5) is 25.6. The van der Waals surface area contributed by atoms with Gasteiger partial charge in [0, 0.05) is 35.8 Å². The number of thiophene rings is 2. The summed E-state index contributed by atoms with van der Waals surface area (Å²) in [6.45, 7) is 0.676. The van der Waals surface area contributed by atoms with Crippen LogP contribution in [-0.4, -0.2) is 24.0 Å². The Balaban J connectivity index is 1.49. The van der Waals surface area contributed by atoms with Gasteiger partial charge in [-0.15, -0.1) is 22.7 Å². The minimum atomic E-state index is 0.0310. The molecule has 0 spiro atoms. The number of hydrogen-bond donors (Lipinski definition) is 1. The van der Waals surface area contributed by atoms with E-state index in [-0.39, 0.29) is 11.7 Å². The molecule has 0 aromatic carbocycles.